The van der Waals surface area contributed by atoms with E-state index in [1.54, 1.807) is 0 Å². The number of rotatable bonds is 3. The van der Waals surface area contributed by atoms with Crippen molar-refractivity contribution in [2.24, 2.45) is 0 Å². The van der Waals surface area contributed by atoms with Crippen LogP contribution in [0.15, 0.2) is 34.0 Å². The Hall–Kier alpha value is -1.77. The monoisotopic (exact) mass is 324 g/mol. The Morgan fingerprint density at radius 1 is 1.29 bits per heavy atom. The average molecular weight is 324 g/mol. The fourth-order valence-corrected chi connectivity index (χ4v) is 4.91. The molecule has 0 aliphatic carbocycles. The number of carbonyl (C=O) groups is 1. The van der Waals surface area contributed by atoms with Crippen LogP contribution < -0.4 is 0 Å². The molecule has 1 aliphatic rings. The second kappa shape index (κ2) is 5.21. The van der Waals surface area contributed by atoms with Crippen molar-refractivity contribution in [2.45, 2.75) is 17.3 Å². The van der Waals surface area contributed by atoms with Crippen molar-refractivity contribution in [1.82, 2.24) is 9.29 Å². The number of hydrogen-bond acceptors (Lipinski definition) is 6. The Labute approximate surface area is 126 Å². The van der Waals surface area contributed by atoms with Crippen LogP contribution >= 0.6 is 11.3 Å². The standard InChI is InChI=1S/C13H12N2O4S2/c1-19-12(16)11-13(20-8-14-11)21(17,18)15-6-9-4-2-3-5-10(9)7-15/h2-5,8H,6-7H2,1H3. The van der Waals surface area contributed by atoms with Gasteiger partial charge in [0.2, 0.25) is 0 Å². The Morgan fingerprint density at radius 2 is 1.90 bits per heavy atom. The van der Waals surface area contributed by atoms with Gasteiger partial charge in [-0.2, -0.15) is 4.31 Å². The quantitative estimate of drug-likeness (QED) is 0.802. The summed E-state index contributed by atoms with van der Waals surface area (Å²) in [5.41, 5.74) is 3.14. The van der Waals surface area contributed by atoms with E-state index in [1.807, 2.05) is 24.3 Å². The van der Waals surface area contributed by atoms with Gasteiger partial charge in [0, 0.05) is 13.1 Å². The fourth-order valence-electron chi connectivity index (χ4n) is 2.24. The van der Waals surface area contributed by atoms with E-state index in [1.165, 1.54) is 16.9 Å². The summed E-state index contributed by atoms with van der Waals surface area (Å²) >= 11 is 0.924. The van der Waals surface area contributed by atoms with Crippen molar-refractivity contribution < 1.29 is 17.9 Å². The smallest absolute Gasteiger partial charge is 0.358 e. The van der Waals surface area contributed by atoms with Gasteiger partial charge in [0.15, 0.2) is 9.90 Å². The summed E-state index contributed by atoms with van der Waals surface area (Å²) in [7, 11) is -2.56. The molecule has 0 saturated heterocycles. The predicted octanol–water partition coefficient (Wildman–Crippen LogP) is 1.63. The van der Waals surface area contributed by atoms with Gasteiger partial charge in [-0.25, -0.2) is 18.2 Å². The van der Waals surface area contributed by atoms with Crippen molar-refractivity contribution in [3.63, 3.8) is 0 Å². The zero-order valence-electron chi connectivity index (χ0n) is 11.1. The minimum Gasteiger partial charge on any atom is -0.464 e. The average Bonchev–Trinajstić information content (AvgIpc) is 3.13. The van der Waals surface area contributed by atoms with Crippen molar-refractivity contribution >= 4 is 27.3 Å². The van der Waals surface area contributed by atoms with Gasteiger partial charge in [-0.3, -0.25) is 0 Å². The summed E-state index contributed by atoms with van der Waals surface area (Å²) in [6.07, 6.45) is 0. The minimum atomic E-state index is -3.76. The molecule has 8 heteroatoms. The van der Waals surface area contributed by atoms with Crippen LogP contribution in [0, 0.1) is 0 Å². The van der Waals surface area contributed by atoms with Crippen LogP contribution in [0.4, 0.5) is 0 Å². The number of ether oxygens (including phenoxy) is 1. The van der Waals surface area contributed by atoms with Crippen LogP contribution in [0.2, 0.25) is 0 Å². The lowest BCUT2D eigenvalue weighted by Crippen LogP contribution is -2.26. The fraction of sp³-hybridized carbons (Fsp3) is 0.231. The highest BCUT2D eigenvalue weighted by molar-refractivity contribution is 7.91. The summed E-state index contributed by atoms with van der Waals surface area (Å²) in [5, 5.41) is 0. The molecule has 0 fully saturated rings. The van der Waals surface area contributed by atoms with Crippen molar-refractivity contribution in [3.8, 4) is 0 Å². The third-order valence-corrected chi connectivity index (χ3v) is 6.44. The van der Waals surface area contributed by atoms with Crippen LogP contribution in [-0.2, 0) is 27.8 Å². The van der Waals surface area contributed by atoms with Crippen LogP contribution in [0.3, 0.4) is 0 Å². The Kier molecular flexibility index (Phi) is 3.52. The lowest BCUT2D eigenvalue weighted by Gasteiger charge is -2.14. The first-order valence-corrected chi connectivity index (χ1v) is 8.44. The topological polar surface area (TPSA) is 76.6 Å². The maximum Gasteiger partial charge on any atom is 0.358 e. The number of carbonyl (C=O) groups excluding carboxylic acids is 1. The normalized spacial score (nSPS) is 14.9. The number of hydrogen-bond donors (Lipinski definition) is 0. The third kappa shape index (κ3) is 2.35. The van der Waals surface area contributed by atoms with E-state index in [0.29, 0.717) is 13.1 Å². The molecule has 0 spiro atoms. The highest BCUT2D eigenvalue weighted by atomic mass is 32.2. The lowest BCUT2D eigenvalue weighted by atomic mass is 10.1. The highest BCUT2D eigenvalue weighted by Gasteiger charge is 2.35. The molecule has 2 heterocycles. The number of fused-ring (bicyclic) bond motifs is 1. The van der Waals surface area contributed by atoms with E-state index >= 15 is 0 Å². The Morgan fingerprint density at radius 3 is 2.48 bits per heavy atom. The van der Waals surface area contributed by atoms with E-state index < -0.39 is 16.0 Å². The lowest BCUT2D eigenvalue weighted by molar-refractivity contribution is 0.0590. The maximum atomic E-state index is 12.7. The van der Waals surface area contributed by atoms with Gasteiger partial charge in [-0.05, 0) is 11.1 Å². The molecule has 3 rings (SSSR count). The van der Waals surface area contributed by atoms with Gasteiger partial charge >= 0.3 is 5.97 Å². The molecule has 0 bridgehead atoms. The molecular formula is C13H12N2O4S2. The number of methoxy groups -OCH3 is 1. The molecule has 110 valence electrons. The van der Waals surface area contributed by atoms with Crippen LogP contribution in [0.5, 0.6) is 0 Å². The van der Waals surface area contributed by atoms with Crippen LogP contribution in [0.25, 0.3) is 0 Å². The summed E-state index contributed by atoms with van der Waals surface area (Å²) in [5.74, 6) is -0.744. The zero-order valence-corrected chi connectivity index (χ0v) is 12.8. The van der Waals surface area contributed by atoms with E-state index in [0.717, 1.165) is 22.5 Å². The SMILES string of the molecule is COC(=O)c1ncsc1S(=O)(=O)N1Cc2ccccc2C1. The number of thiazole rings is 1. The summed E-state index contributed by atoms with van der Waals surface area (Å²) < 4.78 is 31.2. The second-order valence-corrected chi connectivity index (χ2v) is 7.51. The zero-order chi connectivity index (χ0) is 15.0. The van der Waals surface area contributed by atoms with Crippen molar-refractivity contribution in [3.05, 3.63) is 46.6 Å². The molecule has 0 amide bonds. The summed E-state index contributed by atoms with van der Waals surface area (Å²) in [6, 6.07) is 7.56. The van der Waals surface area contributed by atoms with E-state index in [-0.39, 0.29) is 9.90 Å². The highest BCUT2D eigenvalue weighted by Crippen LogP contribution is 2.31. The molecule has 0 radical (unpaired) electrons. The van der Waals surface area contributed by atoms with E-state index in [9.17, 15) is 13.2 Å². The molecule has 6 nitrogen and oxygen atoms in total. The van der Waals surface area contributed by atoms with Crippen LogP contribution in [-0.4, -0.2) is 30.8 Å². The summed E-state index contributed by atoms with van der Waals surface area (Å²) in [6.45, 7) is 0.605. The molecule has 2 aromatic rings. The third-order valence-electron chi connectivity index (χ3n) is 3.30. The number of sulfonamides is 1. The molecule has 0 atom stereocenters. The van der Waals surface area contributed by atoms with Crippen molar-refractivity contribution in [2.75, 3.05) is 7.11 Å². The Balaban J connectivity index is 1.97. The van der Waals surface area contributed by atoms with Gasteiger partial charge in [0.25, 0.3) is 10.0 Å². The molecule has 0 N–H and O–H groups in total. The minimum absolute atomic E-state index is 0.0674. The van der Waals surface area contributed by atoms with Gasteiger partial charge in [0.1, 0.15) is 0 Å². The second-order valence-electron chi connectivity index (χ2n) is 4.52. The molecule has 0 saturated carbocycles. The number of benzene rings is 1. The number of esters is 1. The summed E-state index contributed by atoms with van der Waals surface area (Å²) in [4.78, 5) is 15.4. The van der Waals surface area contributed by atoms with Crippen molar-refractivity contribution in [1.29, 1.82) is 0 Å². The molecule has 1 aliphatic heterocycles. The molecule has 1 aromatic heterocycles. The van der Waals surface area contributed by atoms with E-state index in [2.05, 4.69) is 9.72 Å². The first kappa shape index (κ1) is 14.2. The maximum absolute atomic E-state index is 12.7. The first-order valence-electron chi connectivity index (χ1n) is 6.13. The van der Waals surface area contributed by atoms with Gasteiger partial charge in [-0.1, -0.05) is 24.3 Å². The van der Waals surface area contributed by atoms with Gasteiger partial charge in [0.05, 0.1) is 12.6 Å². The van der Waals surface area contributed by atoms with Gasteiger partial charge < -0.3 is 4.74 Å². The first-order chi connectivity index (χ1) is 10.0. The van der Waals surface area contributed by atoms with Crippen LogP contribution in [0.1, 0.15) is 21.6 Å². The van der Waals surface area contributed by atoms with Gasteiger partial charge in [-0.15, -0.1) is 11.3 Å². The largest absolute Gasteiger partial charge is 0.464 e. The molecular weight excluding hydrogens is 312 g/mol. The number of aromatic nitrogens is 1. The molecule has 1 aromatic carbocycles. The molecule has 0 unspecified atom stereocenters. The predicted molar refractivity (Wildman–Crippen MR) is 76.3 cm³/mol. The number of nitrogens with zero attached hydrogens (tertiary/aromatic N) is 2. The van der Waals surface area contributed by atoms with E-state index in [4.69, 9.17) is 0 Å². The molecule has 21 heavy (non-hydrogen) atoms. The Bertz CT molecular complexity index is 773.